The molecule has 1 aliphatic carbocycles. The SMILES string of the molecule is COc1ccc(OCCNC(=O)C2CC2C(=O)Nc2cccc(C#N)c2)cc1. The van der Waals surface area contributed by atoms with Crippen molar-refractivity contribution in [2.45, 2.75) is 6.42 Å². The second-order valence-electron chi connectivity index (χ2n) is 6.45. The number of amides is 2. The Kier molecular flexibility index (Phi) is 6.12. The Morgan fingerprint density at radius 3 is 2.54 bits per heavy atom. The number of rotatable bonds is 8. The van der Waals surface area contributed by atoms with Crippen LogP contribution in [0.2, 0.25) is 0 Å². The second-order valence-corrected chi connectivity index (χ2v) is 6.45. The molecule has 28 heavy (non-hydrogen) atoms. The number of nitrogens with one attached hydrogen (secondary N) is 2. The first-order valence-corrected chi connectivity index (χ1v) is 8.96. The van der Waals surface area contributed by atoms with Gasteiger partial charge in [-0.25, -0.2) is 0 Å². The smallest absolute Gasteiger partial charge is 0.228 e. The largest absolute Gasteiger partial charge is 0.497 e. The molecular formula is C21H21N3O4. The van der Waals surface area contributed by atoms with Gasteiger partial charge in [0.2, 0.25) is 11.8 Å². The van der Waals surface area contributed by atoms with Gasteiger partial charge in [0.25, 0.3) is 0 Å². The van der Waals surface area contributed by atoms with E-state index in [1.54, 1.807) is 55.6 Å². The highest BCUT2D eigenvalue weighted by molar-refractivity contribution is 5.99. The zero-order valence-corrected chi connectivity index (χ0v) is 15.5. The van der Waals surface area contributed by atoms with Crippen molar-refractivity contribution in [3.05, 3.63) is 54.1 Å². The molecule has 7 heteroatoms. The van der Waals surface area contributed by atoms with E-state index < -0.39 is 0 Å². The number of nitrogens with zero attached hydrogens (tertiary/aromatic N) is 1. The molecule has 0 saturated heterocycles. The number of ether oxygens (including phenoxy) is 2. The third-order valence-corrected chi connectivity index (χ3v) is 4.45. The summed E-state index contributed by atoms with van der Waals surface area (Å²) in [5.41, 5.74) is 1.03. The highest BCUT2D eigenvalue weighted by Gasteiger charge is 2.47. The summed E-state index contributed by atoms with van der Waals surface area (Å²) in [6, 6.07) is 15.9. The molecule has 1 aliphatic rings. The number of anilines is 1. The van der Waals surface area contributed by atoms with Gasteiger partial charge in [0.05, 0.1) is 37.1 Å². The van der Waals surface area contributed by atoms with E-state index in [0.29, 0.717) is 36.6 Å². The molecule has 2 aromatic rings. The van der Waals surface area contributed by atoms with Gasteiger partial charge in [-0.3, -0.25) is 9.59 Å². The van der Waals surface area contributed by atoms with Crippen LogP contribution >= 0.6 is 0 Å². The number of methoxy groups -OCH3 is 1. The van der Waals surface area contributed by atoms with Crippen LogP contribution < -0.4 is 20.1 Å². The zero-order chi connectivity index (χ0) is 19.9. The fraction of sp³-hybridized carbons (Fsp3) is 0.286. The quantitative estimate of drug-likeness (QED) is 0.686. The van der Waals surface area contributed by atoms with Crippen LogP contribution in [0.3, 0.4) is 0 Å². The van der Waals surface area contributed by atoms with Gasteiger partial charge in [-0.05, 0) is 48.9 Å². The van der Waals surface area contributed by atoms with E-state index in [1.807, 2.05) is 6.07 Å². The van der Waals surface area contributed by atoms with Gasteiger partial charge < -0.3 is 20.1 Å². The molecule has 0 spiro atoms. The van der Waals surface area contributed by atoms with Gasteiger partial charge >= 0.3 is 0 Å². The molecule has 2 atom stereocenters. The first kappa shape index (κ1) is 19.2. The Morgan fingerprint density at radius 1 is 1.11 bits per heavy atom. The van der Waals surface area contributed by atoms with Crippen molar-refractivity contribution in [3.63, 3.8) is 0 Å². The molecular weight excluding hydrogens is 358 g/mol. The summed E-state index contributed by atoms with van der Waals surface area (Å²) < 4.78 is 10.6. The number of benzene rings is 2. The van der Waals surface area contributed by atoms with Crippen molar-refractivity contribution in [3.8, 4) is 17.6 Å². The van der Waals surface area contributed by atoms with Crippen LogP contribution in [-0.2, 0) is 9.59 Å². The van der Waals surface area contributed by atoms with Crippen LogP contribution in [0.5, 0.6) is 11.5 Å². The van der Waals surface area contributed by atoms with Crippen LogP contribution in [0, 0.1) is 23.2 Å². The van der Waals surface area contributed by atoms with Gasteiger partial charge in [0.15, 0.2) is 0 Å². The summed E-state index contributed by atoms with van der Waals surface area (Å²) >= 11 is 0. The molecule has 7 nitrogen and oxygen atoms in total. The van der Waals surface area contributed by atoms with Crippen molar-refractivity contribution < 1.29 is 19.1 Å². The second kappa shape index (κ2) is 8.91. The van der Waals surface area contributed by atoms with E-state index in [0.717, 1.165) is 5.75 Å². The summed E-state index contributed by atoms with van der Waals surface area (Å²) in [5, 5.41) is 14.4. The molecule has 2 unspecified atom stereocenters. The van der Waals surface area contributed by atoms with E-state index in [2.05, 4.69) is 10.6 Å². The third kappa shape index (κ3) is 5.01. The summed E-state index contributed by atoms with van der Waals surface area (Å²) in [7, 11) is 1.60. The van der Waals surface area contributed by atoms with Crippen molar-refractivity contribution >= 4 is 17.5 Å². The molecule has 1 fully saturated rings. The maximum Gasteiger partial charge on any atom is 0.228 e. The molecule has 0 aliphatic heterocycles. The average Bonchev–Trinajstić information content (AvgIpc) is 3.53. The number of hydrogen-bond acceptors (Lipinski definition) is 5. The number of hydrogen-bond donors (Lipinski definition) is 2. The number of nitriles is 1. The minimum Gasteiger partial charge on any atom is -0.497 e. The highest BCUT2D eigenvalue weighted by Crippen LogP contribution is 2.39. The lowest BCUT2D eigenvalue weighted by Crippen LogP contribution is -2.31. The lowest BCUT2D eigenvalue weighted by atomic mass is 10.2. The fourth-order valence-corrected chi connectivity index (χ4v) is 2.82. The Balaban J connectivity index is 1.37. The predicted octanol–water partition coefficient (Wildman–Crippen LogP) is 2.34. The monoisotopic (exact) mass is 379 g/mol. The summed E-state index contributed by atoms with van der Waals surface area (Å²) in [6.45, 7) is 0.697. The van der Waals surface area contributed by atoms with E-state index in [1.165, 1.54) is 0 Å². The minimum absolute atomic E-state index is 0.149. The first-order chi connectivity index (χ1) is 13.6. The van der Waals surface area contributed by atoms with Crippen LogP contribution in [0.4, 0.5) is 5.69 Å². The average molecular weight is 379 g/mol. The molecule has 1 saturated carbocycles. The van der Waals surface area contributed by atoms with Gasteiger partial charge in [-0.2, -0.15) is 5.26 Å². The van der Waals surface area contributed by atoms with Crippen molar-refractivity contribution in [1.29, 1.82) is 5.26 Å². The molecule has 144 valence electrons. The first-order valence-electron chi connectivity index (χ1n) is 8.96. The Bertz CT molecular complexity index is 889. The van der Waals surface area contributed by atoms with Crippen LogP contribution in [0.1, 0.15) is 12.0 Å². The maximum absolute atomic E-state index is 12.2. The number of carbonyl (C=O) groups excluding carboxylic acids is 2. The molecule has 2 N–H and O–H groups in total. The Labute approximate surface area is 163 Å². The Hall–Kier alpha value is -3.53. The van der Waals surface area contributed by atoms with Crippen molar-refractivity contribution in [1.82, 2.24) is 5.32 Å². The highest BCUT2D eigenvalue weighted by atomic mass is 16.5. The van der Waals surface area contributed by atoms with Gasteiger partial charge in [-0.1, -0.05) is 6.07 Å². The molecule has 3 rings (SSSR count). The summed E-state index contributed by atoms with van der Waals surface area (Å²) in [5.74, 6) is 0.429. The normalized spacial score (nSPS) is 17.1. The molecule has 0 radical (unpaired) electrons. The summed E-state index contributed by atoms with van der Waals surface area (Å²) in [4.78, 5) is 24.4. The molecule has 0 heterocycles. The number of carbonyl (C=O) groups is 2. The standard InChI is InChI=1S/C21H21N3O4/c1-27-16-5-7-17(8-6-16)28-10-9-23-20(25)18-12-19(18)21(26)24-15-4-2-3-14(11-15)13-22/h2-8,11,18-19H,9-10,12H2,1H3,(H,23,25)(H,24,26). The van der Waals surface area contributed by atoms with Crippen molar-refractivity contribution in [2.24, 2.45) is 11.8 Å². The predicted molar refractivity (Wildman–Crippen MR) is 103 cm³/mol. The maximum atomic E-state index is 12.2. The van der Waals surface area contributed by atoms with E-state index in [4.69, 9.17) is 14.7 Å². The third-order valence-electron chi connectivity index (χ3n) is 4.45. The van der Waals surface area contributed by atoms with E-state index >= 15 is 0 Å². The van der Waals surface area contributed by atoms with Crippen LogP contribution in [0.25, 0.3) is 0 Å². The van der Waals surface area contributed by atoms with E-state index in [-0.39, 0.29) is 23.7 Å². The molecule has 2 amide bonds. The van der Waals surface area contributed by atoms with Gasteiger partial charge in [0, 0.05) is 5.69 Å². The van der Waals surface area contributed by atoms with Crippen molar-refractivity contribution in [2.75, 3.05) is 25.6 Å². The minimum atomic E-state index is -0.340. The fourth-order valence-electron chi connectivity index (χ4n) is 2.82. The van der Waals surface area contributed by atoms with Gasteiger partial charge in [0.1, 0.15) is 18.1 Å². The topological polar surface area (TPSA) is 100 Å². The zero-order valence-electron chi connectivity index (χ0n) is 15.5. The molecule has 0 bridgehead atoms. The summed E-state index contributed by atoms with van der Waals surface area (Å²) in [6.07, 6.45) is 0.523. The van der Waals surface area contributed by atoms with Crippen LogP contribution in [-0.4, -0.2) is 32.1 Å². The van der Waals surface area contributed by atoms with E-state index in [9.17, 15) is 9.59 Å². The lowest BCUT2D eigenvalue weighted by molar-refractivity contribution is -0.125. The molecule has 2 aromatic carbocycles. The Morgan fingerprint density at radius 2 is 1.82 bits per heavy atom. The van der Waals surface area contributed by atoms with Gasteiger partial charge in [-0.15, -0.1) is 0 Å². The lowest BCUT2D eigenvalue weighted by Gasteiger charge is -2.08. The van der Waals surface area contributed by atoms with Crippen LogP contribution in [0.15, 0.2) is 48.5 Å². The molecule has 0 aromatic heterocycles.